The van der Waals surface area contributed by atoms with Crippen molar-refractivity contribution in [1.29, 1.82) is 0 Å². The first-order chi connectivity index (χ1) is 34.9. The highest BCUT2D eigenvalue weighted by molar-refractivity contribution is 5.75. The Morgan fingerprint density at radius 3 is 0.776 bits per heavy atom. The number of aliphatic hydroxyl groups excluding tert-OH is 3. The van der Waals surface area contributed by atoms with E-state index in [0.717, 1.165) is 50.1 Å². The van der Waals surface area contributed by atoms with Crippen LogP contribution in [0.3, 0.4) is 0 Å². The van der Waals surface area contributed by atoms with Crippen LogP contribution in [0.1, 0.15) is 181 Å². The molecule has 15 nitrogen and oxygen atoms in total. The maximum atomic E-state index is 12.1. The maximum Gasteiger partial charge on any atom is 0.337 e. The van der Waals surface area contributed by atoms with Crippen molar-refractivity contribution in [3.8, 4) is 17.2 Å². The van der Waals surface area contributed by atoms with Crippen LogP contribution in [0, 0.1) is 0 Å². The summed E-state index contributed by atoms with van der Waals surface area (Å²) in [5.41, 5.74) is 5.83. The van der Waals surface area contributed by atoms with Crippen LogP contribution in [0.2, 0.25) is 0 Å². The van der Waals surface area contributed by atoms with Gasteiger partial charge in [0.05, 0.1) is 61.0 Å². The summed E-state index contributed by atoms with van der Waals surface area (Å²) in [6.07, 6.45) is -4.41. The molecule has 0 amide bonds. The van der Waals surface area contributed by atoms with Crippen LogP contribution < -0.4 is 14.2 Å². The molecule has 0 radical (unpaired) electrons. The molecular weight excluding hydrogens is 973 g/mol. The minimum absolute atomic E-state index is 0.0300. The minimum atomic E-state index is -1.47. The lowest BCUT2D eigenvalue weighted by atomic mass is 9.70. The van der Waals surface area contributed by atoms with Crippen molar-refractivity contribution in [2.75, 3.05) is 80.8 Å². The Balaban J connectivity index is 2.75. The first-order valence-electron chi connectivity index (χ1n) is 26.4. The largest absolute Gasteiger partial charge is 0.491 e. The van der Waals surface area contributed by atoms with Gasteiger partial charge in [0.1, 0.15) is 37.1 Å². The van der Waals surface area contributed by atoms with Crippen molar-refractivity contribution in [2.45, 2.75) is 181 Å². The van der Waals surface area contributed by atoms with E-state index in [0.29, 0.717) is 17.2 Å². The molecule has 76 heavy (non-hydrogen) atoms. The molecule has 0 spiro atoms. The quantitative estimate of drug-likeness (QED) is 0.0332. The summed E-state index contributed by atoms with van der Waals surface area (Å²) >= 11 is 0. The zero-order valence-corrected chi connectivity index (χ0v) is 49.9. The number of carbonyl (C=O) groups is 3. The topological polar surface area (TPSA) is 195 Å². The van der Waals surface area contributed by atoms with Crippen LogP contribution in [0.4, 0.5) is 0 Å². The Morgan fingerprint density at radius 1 is 0.368 bits per heavy atom. The van der Waals surface area contributed by atoms with Gasteiger partial charge < -0.3 is 58.0 Å². The van der Waals surface area contributed by atoms with Crippen molar-refractivity contribution in [2.24, 2.45) is 0 Å². The van der Waals surface area contributed by atoms with Crippen molar-refractivity contribution in [3.63, 3.8) is 0 Å². The molecule has 428 valence electrons. The molecule has 3 atom stereocenters. The lowest BCUT2D eigenvalue weighted by Crippen LogP contribution is -2.28. The number of esters is 3. The van der Waals surface area contributed by atoms with Gasteiger partial charge in [-0.3, -0.25) is 0 Å². The van der Waals surface area contributed by atoms with Gasteiger partial charge in [-0.25, -0.2) is 14.4 Å². The molecule has 15 heteroatoms. The van der Waals surface area contributed by atoms with E-state index < -0.39 is 58.4 Å². The lowest BCUT2D eigenvalue weighted by Gasteiger charge is -2.36. The second-order valence-electron chi connectivity index (χ2n) is 25.6. The number of carbonyl (C=O) groups excluding carboxylic acids is 3. The summed E-state index contributed by atoms with van der Waals surface area (Å²) in [6, 6.07) is 13.3. The van der Waals surface area contributed by atoms with Gasteiger partial charge in [0.15, 0.2) is 18.3 Å². The van der Waals surface area contributed by atoms with E-state index in [1.54, 1.807) is 0 Å². The van der Waals surface area contributed by atoms with Gasteiger partial charge in [-0.2, -0.15) is 0 Å². The molecule has 0 aliphatic rings. The third kappa shape index (κ3) is 18.2. The van der Waals surface area contributed by atoms with Gasteiger partial charge in [-0.05, 0) is 49.2 Å². The average molecular weight is 1070 g/mol. The highest BCUT2D eigenvalue weighted by Crippen LogP contribution is 2.53. The second kappa shape index (κ2) is 26.7. The molecule has 3 unspecified atom stereocenters. The monoisotopic (exact) mass is 1070 g/mol. The van der Waals surface area contributed by atoms with Crippen LogP contribution in [-0.2, 0) is 75.3 Å². The van der Waals surface area contributed by atoms with E-state index >= 15 is 0 Å². The van der Waals surface area contributed by atoms with Crippen LogP contribution in [0.25, 0.3) is 0 Å². The predicted octanol–water partition coefficient (Wildman–Crippen LogP) is 9.44. The molecule has 3 aromatic rings. The van der Waals surface area contributed by atoms with Gasteiger partial charge in [0, 0.05) is 39.3 Å². The zero-order valence-electron chi connectivity index (χ0n) is 49.9. The fourth-order valence-corrected chi connectivity index (χ4v) is 8.36. The summed E-state index contributed by atoms with van der Waals surface area (Å²) in [5.74, 6) is -1.29. The molecule has 0 aliphatic heterocycles. The second-order valence-corrected chi connectivity index (χ2v) is 25.6. The molecule has 0 bridgehead atoms. The smallest absolute Gasteiger partial charge is 0.337 e. The summed E-state index contributed by atoms with van der Waals surface area (Å²) in [6.45, 7) is 38.4. The van der Waals surface area contributed by atoms with Gasteiger partial charge in [-0.1, -0.05) is 161 Å². The molecule has 3 rings (SSSR count). The average Bonchev–Trinajstić information content (AvgIpc) is 3.30. The Hall–Kier alpha value is -4.77. The first kappa shape index (κ1) is 65.5. The van der Waals surface area contributed by atoms with Gasteiger partial charge in [0.25, 0.3) is 0 Å². The number of benzene rings is 3. The molecule has 3 N–H and O–H groups in total. The van der Waals surface area contributed by atoms with Crippen LogP contribution in [0.5, 0.6) is 17.2 Å². The maximum absolute atomic E-state index is 12.1. The number of hydrogen-bond donors (Lipinski definition) is 3. The van der Waals surface area contributed by atoms with Gasteiger partial charge in [-0.15, -0.1) is 0 Å². The standard InChI is InChI=1S/C61H94O15/c1-56(2,3)37-28-40(50(43(31-37)59(10,11)12)74-25-22-71-34-46(62)53(65)68-19)49(41-29-38(57(4,5)6)32-44(60(13,14)15)51(41)75-26-23-72-35-47(63)54(66)69-20)42-30-39(58(7,8)9)33-45(61(16,17)18)52(42)76-27-24-73-36-48(64)55(67)70-21/h28-33,46-49,62-64H,22-27,34-36H2,1-21H3. The Morgan fingerprint density at radius 2 is 0.592 bits per heavy atom. The third-order valence-electron chi connectivity index (χ3n) is 13.0. The van der Waals surface area contributed by atoms with Gasteiger partial charge in [0.2, 0.25) is 0 Å². The lowest BCUT2D eigenvalue weighted by molar-refractivity contribution is -0.154. The number of hydrogen-bond acceptors (Lipinski definition) is 15. The fourth-order valence-electron chi connectivity index (χ4n) is 8.36. The van der Waals surface area contributed by atoms with Crippen molar-refractivity contribution < 1.29 is 72.3 Å². The summed E-state index contributed by atoms with van der Waals surface area (Å²) in [4.78, 5) is 36.3. The first-order valence-corrected chi connectivity index (χ1v) is 26.4. The highest BCUT2D eigenvalue weighted by Gasteiger charge is 2.39. The molecule has 0 saturated carbocycles. The predicted molar refractivity (Wildman–Crippen MR) is 295 cm³/mol. The van der Waals surface area contributed by atoms with E-state index in [-0.39, 0.29) is 75.7 Å². The summed E-state index contributed by atoms with van der Waals surface area (Å²) in [7, 11) is 3.62. The SMILES string of the molecule is COC(=O)C(O)COCCOc1c(C(c2cc(C(C)(C)C)cc(C(C)(C)C)c2OCCOCC(O)C(=O)OC)c2cc(C(C)(C)C)cc(C(C)(C)C)c2OCCOCC(O)C(=O)OC)cc(C(C)(C)C)cc1C(C)(C)C. The third-order valence-corrected chi connectivity index (χ3v) is 13.0. The Kier molecular flexibility index (Phi) is 23.0. The molecule has 0 fully saturated rings. The highest BCUT2D eigenvalue weighted by atomic mass is 16.6. The minimum Gasteiger partial charge on any atom is -0.491 e. The normalized spacial score (nSPS) is 14.4. The Bertz CT molecular complexity index is 2130. The van der Waals surface area contributed by atoms with Gasteiger partial charge >= 0.3 is 17.9 Å². The fraction of sp³-hybridized carbons (Fsp3) is 0.656. The van der Waals surface area contributed by atoms with Crippen LogP contribution in [-0.4, -0.2) is 132 Å². The number of rotatable bonds is 24. The van der Waals surface area contributed by atoms with E-state index in [4.69, 9.17) is 42.6 Å². The molecule has 0 aliphatic carbocycles. The van der Waals surface area contributed by atoms with E-state index in [2.05, 4.69) is 161 Å². The number of aliphatic hydroxyl groups is 3. The summed E-state index contributed by atoms with van der Waals surface area (Å²) < 4.78 is 52.9. The molecule has 0 heterocycles. The van der Waals surface area contributed by atoms with Crippen molar-refractivity contribution in [1.82, 2.24) is 0 Å². The molecule has 0 saturated heterocycles. The van der Waals surface area contributed by atoms with E-state index in [1.807, 2.05) is 0 Å². The van der Waals surface area contributed by atoms with Crippen LogP contribution in [0.15, 0.2) is 36.4 Å². The van der Waals surface area contributed by atoms with Crippen LogP contribution >= 0.6 is 0 Å². The number of methoxy groups -OCH3 is 3. The molecule has 3 aromatic carbocycles. The number of ether oxygens (including phenoxy) is 9. The molecule has 0 aromatic heterocycles. The zero-order chi connectivity index (χ0) is 57.9. The molecular formula is C61H94O15. The Labute approximate surface area is 454 Å². The van der Waals surface area contributed by atoms with E-state index in [9.17, 15) is 29.7 Å². The van der Waals surface area contributed by atoms with Crippen molar-refractivity contribution in [3.05, 3.63) is 86.5 Å². The summed E-state index contributed by atoms with van der Waals surface area (Å²) in [5, 5.41) is 31.2. The van der Waals surface area contributed by atoms with Crippen molar-refractivity contribution >= 4 is 17.9 Å². The van der Waals surface area contributed by atoms with E-state index in [1.165, 1.54) is 21.3 Å².